The van der Waals surface area contributed by atoms with Crippen LogP contribution in [0.2, 0.25) is 0 Å². The van der Waals surface area contributed by atoms with E-state index in [9.17, 15) is 9.59 Å². The zero-order valence-electron chi connectivity index (χ0n) is 12.7. The summed E-state index contributed by atoms with van der Waals surface area (Å²) in [4.78, 5) is 29.5. The molecule has 3 rings (SSSR count). The Morgan fingerprint density at radius 1 is 1.26 bits per heavy atom. The highest BCUT2D eigenvalue weighted by Gasteiger charge is 2.18. The minimum absolute atomic E-state index is 0.0369. The highest BCUT2D eigenvalue weighted by molar-refractivity contribution is 7.17. The number of hydrogen-bond donors (Lipinski definition) is 2. The summed E-state index contributed by atoms with van der Waals surface area (Å²) in [6.45, 7) is 3.78. The monoisotopic (exact) mass is 329 g/mol. The Hall–Kier alpha value is -2.67. The molecule has 0 bridgehead atoms. The number of imidazole rings is 1. The summed E-state index contributed by atoms with van der Waals surface area (Å²) in [7, 11) is 0. The van der Waals surface area contributed by atoms with Crippen LogP contribution in [0.4, 0.5) is 5.69 Å². The minimum atomic E-state index is -0.883. The molecule has 0 unspecified atom stereocenters. The fourth-order valence-electron chi connectivity index (χ4n) is 2.41. The molecule has 2 aromatic heterocycles. The first-order chi connectivity index (χ1) is 10.9. The molecule has 6 nitrogen and oxygen atoms in total. The molecule has 7 heteroatoms. The quantitative estimate of drug-likeness (QED) is 0.771. The van der Waals surface area contributed by atoms with Crippen molar-refractivity contribution in [2.24, 2.45) is 0 Å². The minimum Gasteiger partial charge on any atom is -0.481 e. The lowest BCUT2D eigenvalue weighted by atomic mass is 10.1. The smallest absolute Gasteiger partial charge is 0.307 e. The van der Waals surface area contributed by atoms with Crippen LogP contribution < -0.4 is 5.32 Å². The Balaban J connectivity index is 1.83. The average Bonchev–Trinajstić information content (AvgIpc) is 2.94. The van der Waals surface area contributed by atoms with Gasteiger partial charge in [0.15, 0.2) is 4.96 Å². The van der Waals surface area contributed by atoms with Crippen molar-refractivity contribution in [1.82, 2.24) is 9.38 Å². The number of rotatable bonds is 4. The van der Waals surface area contributed by atoms with Crippen LogP contribution >= 0.6 is 11.3 Å². The maximum Gasteiger partial charge on any atom is 0.307 e. The summed E-state index contributed by atoms with van der Waals surface area (Å²) in [6.07, 6.45) is 1.86. The van der Waals surface area contributed by atoms with E-state index in [-0.39, 0.29) is 12.3 Å². The molecule has 1 amide bonds. The number of aromatic nitrogens is 2. The van der Waals surface area contributed by atoms with Crippen LogP contribution in [-0.4, -0.2) is 26.4 Å². The van der Waals surface area contributed by atoms with Crippen LogP contribution in [0.1, 0.15) is 26.6 Å². The Kier molecular flexibility index (Phi) is 3.87. The first kappa shape index (κ1) is 15.2. The summed E-state index contributed by atoms with van der Waals surface area (Å²) < 4.78 is 1.80. The zero-order valence-corrected chi connectivity index (χ0v) is 13.5. The van der Waals surface area contributed by atoms with Gasteiger partial charge in [-0.25, -0.2) is 4.98 Å². The van der Waals surface area contributed by atoms with Crippen molar-refractivity contribution in [2.45, 2.75) is 20.3 Å². The number of thiazole rings is 1. The third-order valence-corrected chi connectivity index (χ3v) is 4.30. The largest absolute Gasteiger partial charge is 0.481 e. The Bertz CT molecular complexity index is 893. The molecule has 0 spiro atoms. The molecule has 2 N–H and O–H groups in total. The van der Waals surface area contributed by atoms with E-state index >= 15 is 0 Å². The number of aryl methyl sites for hydroxylation is 2. The third kappa shape index (κ3) is 3.09. The van der Waals surface area contributed by atoms with Gasteiger partial charge >= 0.3 is 5.97 Å². The average molecular weight is 329 g/mol. The van der Waals surface area contributed by atoms with Gasteiger partial charge < -0.3 is 10.4 Å². The maximum absolute atomic E-state index is 12.5. The third-order valence-electron chi connectivity index (χ3n) is 3.40. The molecule has 118 valence electrons. The summed E-state index contributed by atoms with van der Waals surface area (Å²) in [6, 6.07) is 6.78. The van der Waals surface area contributed by atoms with E-state index in [2.05, 4.69) is 10.3 Å². The molecule has 0 fully saturated rings. The molecule has 3 aromatic rings. The van der Waals surface area contributed by atoms with Crippen LogP contribution in [0.25, 0.3) is 4.96 Å². The summed E-state index contributed by atoms with van der Waals surface area (Å²) in [5.74, 6) is -1.12. The molecular formula is C16H15N3O3S. The Morgan fingerprint density at radius 2 is 1.96 bits per heavy atom. The van der Waals surface area contributed by atoms with Gasteiger partial charge in [0, 0.05) is 16.8 Å². The van der Waals surface area contributed by atoms with E-state index < -0.39 is 5.97 Å². The molecule has 0 radical (unpaired) electrons. The maximum atomic E-state index is 12.5. The Morgan fingerprint density at radius 3 is 2.61 bits per heavy atom. The predicted octanol–water partition coefficient (Wildman–Crippen LogP) is 2.89. The van der Waals surface area contributed by atoms with Gasteiger partial charge in [-0.15, -0.1) is 11.3 Å². The summed E-state index contributed by atoms with van der Waals surface area (Å²) >= 11 is 1.53. The lowest BCUT2D eigenvalue weighted by molar-refractivity contribution is -0.136. The number of carbonyl (C=O) groups excluding carboxylic acids is 1. The van der Waals surface area contributed by atoms with Crippen LogP contribution in [0.15, 0.2) is 30.5 Å². The number of anilines is 1. The summed E-state index contributed by atoms with van der Waals surface area (Å²) in [5, 5.41) is 11.6. The van der Waals surface area contributed by atoms with Crippen molar-refractivity contribution in [1.29, 1.82) is 0 Å². The number of carboxylic acids is 1. The highest BCUT2D eigenvalue weighted by Crippen LogP contribution is 2.21. The van der Waals surface area contributed by atoms with Crippen LogP contribution in [0.5, 0.6) is 0 Å². The number of benzene rings is 1. The van der Waals surface area contributed by atoms with E-state index in [0.29, 0.717) is 22.6 Å². The van der Waals surface area contributed by atoms with E-state index in [4.69, 9.17) is 5.11 Å². The van der Waals surface area contributed by atoms with Crippen LogP contribution in [0, 0.1) is 13.8 Å². The number of aliphatic carboxylic acids is 1. The topological polar surface area (TPSA) is 83.7 Å². The van der Waals surface area contributed by atoms with Crippen molar-refractivity contribution in [3.63, 3.8) is 0 Å². The van der Waals surface area contributed by atoms with Gasteiger partial charge in [-0.05, 0) is 31.5 Å². The van der Waals surface area contributed by atoms with Crippen molar-refractivity contribution in [2.75, 3.05) is 5.32 Å². The molecular weight excluding hydrogens is 314 g/mol. The SMILES string of the molecule is Cc1cn2c(C(=O)Nc3ccc(CC(=O)O)cc3)c(C)nc2s1. The number of carboxylic acid groups (broad SMARTS) is 1. The van der Waals surface area contributed by atoms with Gasteiger partial charge in [-0.2, -0.15) is 0 Å². The normalized spacial score (nSPS) is 10.9. The molecule has 23 heavy (non-hydrogen) atoms. The van der Waals surface area contributed by atoms with Gasteiger partial charge in [0.2, 0.25) is 0 Å². The number of nitrogens with one attached hydrogen (secondary N) is 1. The van der Waals surface area contributed by atoms with Crippen molar-refractivity contribution >= 4 is 33.9 Å². The van der Waals surface area contributed by atoms with Gasteiger partial charge in [0.1, 0.15) is 5.69 Å². The molecule has 0 saturated carbocycles. The first-order valence-corrected chi connectivity index (χ1v) is 7.83. The van der Waals surface area contributed by atoms with Crippen molar-refractivity contribution in [3.8, 4) is 0 Å². The zero-order chi connectivity index (χ0) is 16.6. The molecule has 2 heterocycles. The van der Waals surface area contributed by atoms with E-state index in [1.165, 1.54) is 11.3 Å². The number of nitrogens with zero attached hydrogens (tertiary/aromatic N) is 2. The number of amides is 1. The van der Waals surface area contributed by atoms with Gasteiger partial charge in [-0.1, -0.05) is 12.1 Å². The van der Waals surface area contributed by atoms with E-state index in [0.717, 1.165) is 9.84 Å². The van der Waals surface area contributed by atoms with Gasteiger partial charge in [-0.3, -0.25) is 14.0 Å². The second-order valence-corrected chi connectivity index (χ2v) is 6.47. The predicted molar refractivity (Wildman–Crippen MR) is 88.3 cm³/mol. The van der Waals surface area contributed by atoms with Crippen molar-refractivity contribution in [3.05, 3.63) is 52.3 Å². The molecule has 0 atom stereocenters. The number of hydrogen-bond acceptors (Lipinski definition) is 4. The van der Waals surface area contributed by atoms with Crippen molar-refractivity contribution < 1.29 is 14.7 Å². The van der Waals surface area contributed by atoms with Gasteiger partial charge in [0.25, 0.3) is 5.91 Å². The van der Waals surface area contributed by atoms with Crippen LogP contribution in [0.3, 0.4) is 0 Å². The van der Waals surface area contributed by atoms with Crippen LogP contribution in [-0.2, 0) is 11.2 Å². The fourth-order valence-corrected chi connectivity index (χ4v) is 3.28. The van der Waals surface area contributed by atoms with E-state index in [1.807, 2.05) is 13.1 Å². The molecule has 0 aliphatic rings. The Labute approximate surface area is 136 Å². The van der Waals surface area contributed by atoms with Gasteiger partial charge in [0.05, 0.1) is 12.1 Å². The molecule has 1 aromatic carbocycles. The summed E-state index contributed by atoms with van der Waals surface area (Å²) in [5.41, 5.74) is 2.49. The molecule has 0 aliphatic carbocycles. The molecule has 0 saturated heterocycles. The first-order valence-electron chi connectivity index (χ1n) is 7.01. The highest BCUT2D eigenvalue weighted by atomic mass is 32.1. The lowest BCUT2D eigenvalue weighted by Crippen LogP contribution is -2.15. The number of fused-ring (bicyclic) bond motifs is 1. The second kappa shape index (κ2) is 5.85. The molecule has 0 aliphatic heterocycles. The van der Waals surface area contributed by atoms with E-state index in [1.54, 1.807) is 35.6 Å². The fraction of sp³-hybridized carbons (Fsp3) is 0.188. The second-order valence-electron chi connectivity index (χ2n) is 5.26. The standard InChI is InChI=1S/C16H15N3O3S/c1-9-8-19-14(10(2)17-16(19)23-9)15(22)18-12-5-3-11(4-6-12)7-13(20)21/h3-6,8H,7H2,1-2H3,(H,18,22)(H,20,21). The number of carbonyl (C=O) groups is 2. The lowest BCUT2D eigenvalue weighted by Gasteiger charge is -2.06.